The first-order valence-electron chi connectivity index (χ1n) is 4.75. The van der Waals surface area contributed by atoms with E-state index in [1.807, 2.05) is 0 Å². The van der Waals surface area contributed by atoms with Crippen LogP contribution in [0.2, 0.25) is 0 Å². The first kappa shape index (κ1) is 11.9. The number of aliphatic hydroxyl groups is 1. The maximum atomic E-state index is 11.2. The fourth-order valence-electron chi connectivity index (χ4n) is 1.25. The van der Waals surface area contributed by atoms with Crippen molar-refractivity contribution in [1.29, 1.82) is 0 Å². The molecule has 1 fully saturated rings. The van der Waals surface area contributed by atoms with E-state index in [4.69, 9.17) is 9.84 Å². The molecule has 0 aromatic carbocycles. The second kappa shape index (κ2) is 4.59. The Balaban J connectivity index is 2.36. The number of carbonyl (C=O) groups is 2. The van der Waals surface area contributed by atoms with Gasteiger partial charge in [0.15, 0.2) is 0 Å². The number of carbonyl (C=O) groups excluding carboxylic acids is 1. The Morgan fingerprint density at radius 2 is 2.27 bits per heavy atom. The summed E-state index contributed by atoms with van der Waals surface area (Å²) in [5, 5.41) is 20.7. The van der Waals surface area contributed by atoms with Gasteiger partial charge >= 0.3 is 5.97 Å². The zero-order valence-corrected chi connectivity index (χ0v) is 8.52. The van der Waals surface area contributed by atoms with Gasteiger partial charge in [0.2, 0.25) is 5.91 Å². The van der Waals surface area contributed by atoms with Crippen molar-refractivity contribution in [2.45, 2.75) is 18.9 Å². The standard InChI is InChI=1S/C9H15NO5/c1-6(8(12)13)7(11)10-4-9(14)2-3-15-5-9/h6,14H,2-5H2,1H3,(H,10,11)(H,12,13). The SMILES string of the molecule is CC(C(=O)O)C(=O)NCC1(O)CCOC1. The fourth-order valence-corrected chi connectivity index (χ4v) is 1.25. The Hall–Kier alpha value is -1.14. The van der Waals surface area contributed by atoms with Crippen LogP contribution in [0.5, 0.6) is 0 Å². The van der Waals surface area contributed by atoms with Gasteiger partial charge in [0, 0.05) is 19.6 Å². The third-order valence-electron chi connectivity index (χ3n) is 2.44. The highest BCUT2D eigenvalue weighted by atomic mass is 16.5. The van der Waals surface area contributed by atoms with Gasteiger partial charge in [0.1, 0.15) is 11.5 Å². The summed E-state index contributed by atoms with van der Waals surface area (Å²) >= 11 is 0. The van der Waals surface area contributed by atoms with E-state index in [1.165, 1.54) is 6.92 Å². The van der Waals surface area contributed by atoms with E-state index in [0.717, 1.165) is 0 Å². The average molecular weight is 217 g/mol. The van der Waals surface area contributed by atoms with Gasteiger partial charge in [-0.05, 0) is 6.92 Å². The van der Waals surface area contributed by atoms with E-state index in [2.05, 4.69) is 5.32 Å². The Morgan fingerprint density at radius 1 is 1.60 bits per heavy atom. The smallest absolute Gasteiger partial charge is 0.315 e. The number of rotatable bonds is 4. The lowest BCUT2D eigenvalue weighted by Crippen LogP contribution is -2.45. The molecule has 86 valence electrons. The van der Waals surface area contributed by atoms with Crippen LogP contribution in [-0.2, 0) is 14.3 Å². The Labute approximate surface area is 87.2 Å². The van der Waals surface area contributed by atoms with Crippen LogP contribution in [0, 0.1) is 5.92 Å². The maximum Gasteiger partial charge on any atom is 0.315 e. The summed E-state index contributed by atoms with van der Waals surface area (Å²) in [6.45, 7) is 1.96. The number of carboxylic acid groups (broad SMARTS) is 1. The molecular formula is C9H15NO5. The Morgan fingerprint density at radius 3 is 2.73 bits per heavy atom. The van der Waals surface area contributed by atoms with Crippen molar-refractivity contribution in [1.82, 2.24) is 5.32 Å². The van der Waals surface area contributed by atoms with E-state index >= 15 is 0 Å². The summed E-state index contributed by atoms with van der Waals surface area (Å²) in [6, 6.07) is 0. The number of nitrogens with one attached hydrogen (secondary N) is 1. The largest absolute Gasteiger partial charge is 0.481 e. The van der Waals surface area contributed by atoms with Gasteiger partial charge in [-0.25, -0.2) is 0 Å². The zero-order chi connectivity index (χ0) is 11.5. The van der Waals surface area contributed by atoms with Crippen molar-refractivity contribution >= 4 is 11.9 Å². The second-order valence-corrected chi connectivity index (χ2v) is 3.80. The molecule has 1 aliphatic rings. The van der Waals surface area contributed by atoms with Crippen molar-refractivity contribution in [2.75, 3.05) is 19.8 Å². The van der Waals surface area contributed by atoms with E-state index < -0.39 is 23.4 Å². The molecule has 2 unspecified atom stereocenters. The molecule has 1 saturated heterocycles. The van der Waals surface area contributed by atoms with Gasteiger partial charge in [0.05, 0.1) is 6.61 Å². The molecule has 2 atom stereocenters. The van der Waals surface area contributed by atoms with Crippen molar-refractivity contribution in [3.05, 3.63) is 0 Å². The van der Waals surface area contributed by atoms with Crippen LogP contribution in [0.15, 0.2) is 0 Å². The lowest BCUT2D eigenvalue weighted by atomic mass is 10.0. The van der Waals surface area contributed by atoms with E-state index in [9.17, 15) is 14.7 Å². The lowest BCUT2D eigenvalue weighted by molar-refractivity contribution is -0.146. The number of carboxylic acids is 1. The molecule has 1 rings (SSSR count). The van der Waals surface area contributed by atoms with Gasteiger partial charge in [-0.2, -0.15) is 0 Å². The first-order chi connectivity index (χ1) is 6.94. The third-order valence-corrected chi connectivity index (χ3v) is 2.44. The maximum absolute atomic E-state index is 11.2. The minimum absolute atomic E-state index is 0.0312. The highest BCUT2D eigenvalue weighted by Crippen LogP contribution is 2.16. The van der Waals surface area contributed by atoms with Crippen LogP contribution in [0.3, 0.4) is 0 Å². The topological polar surface area (TPSA) is 95.9 Å². The highest BCUT2D eigenvalue weighted by molar-refractivity contribution is 5.96. The summed E-state index contributed by atoms with van der Waals surface area (Å²) in [7, 11) is 0. The highest BCUT2D eigenvalue weighted by Gasteiger charge is 2.33. The molecule has 0 aromatic rings. The summed E-state index contributed by atoms with van der Waals surface area (Å²) in [6.07, 6.45) is 0.453. The van der Waals surface area contributed by atoms with Crippen LogP contribution >= 0.6 is 0 Å². The van der Waals surface area contributed by atoms with Crippen molar-refractivity contribution in [3.63, 3.8) is 0 Å². The minimum atomic E-state index is -1.18. The van der Waals surface area contributed by atoms with Crippen LogP contribution in [0.1, 0.15) is 13.3 Å². The molecule has 0 aliphatic carbocycles. The number of hydrogen-bond acceptors (Lipinski definition) is 4. The Bertz CT molecular complexity index is 259. The molecule has 15 heavy (non-hydrogen) atoms. The predicted octanol–water partition coefficient (Wildman–Crippen LogP) is -1.03. The summed E-state index contributed by atoms with van der Waals surface area (Å²) < 4.78 is 4.98. The van der Waals surface area contributed by atoms with Gasteiger partial charge < -0.3 is 20.3 Å². The number of ether oxygens (including phenoxy) is 1. The summed E-state index contributed by atoms with van der Waals surface area (Å²) in [5.41, 5.74) is -1.05. The number of amides is 1. The van der Waals surface area contributed by atoms with Gasteiger partial charge in [0.25, 0.3) is 0 Å². The molecule has 0 bridgehead atoms. The minimum Gasteiger partial charge on any atom is -0.481 e. The van der Waals surface area contributed by atoms with Crippen LogP contribution in [0.25, 0.3) is 0 Å². The third kappa shape index (κ3) is 3.17. The Kier molecular flexibility index (Phi) is 3.65. The van der Waals surface area contributed by atoms with Crippen LogP contribution in [-0.4, -0.2) is 47.4 Å². The van der Waals surface area contributed by atoms with Gasteiger partial charge in [-0.15, -0.1) is 0 Å². The zero-order valence-electron chi connectivity index (χ0n) is 8.52. The van der Waals surface area contributed by atoms with Gasteiger partial charge in [-0.3, -0.25) is 9.59 Å². The van der Waals surface area contributed by atoms with Gasteiger partial charge in [-0.1, -0.05) is 0 Å². The molecule has 3 N–H and O–H groups in total. The number of aliphatic carboxylic acids is 1. The molecule has 0 spiro atoms. The first-order valence-corrected chi connectivity index (χ1v) is 4.75. The normalized spacial score (nSPS) is 27.3. The summed E-state index contributed by atoms with van der Waals surface area (Å²) in [5.74, 6) is -2.87. The average Bonchev–Trinajstić information content (AvgIpc) is 2.61. The van der Waals surface area contributed by atoms with E-state index in [-0.39, 0.29) is 13.2 Å². The molecule has 6 heteroatoms. The molecule has 0 saturated carbocycles. The van der Waals surface area contributed by atoms with Crippen molar-refractivity contribution in [2.24, 2.45) is 5.92 Å². The molecule has 1 amide bonds. The van der Waals surface area contributed by atoms with Crippen molar-refractivity contribution in [3.8, 4) is 0 Å². The monoisotopic (exact) mass is 217 g/mol. The predicted molar refractivity (Wildman–Crippen MR) is 50.2 cm³/mol. The molecule has 6 nitrogen and oxygen atoms in total. The molecule has 1 aliphatic heterocycles. The lowest BCUT2D eigenvalue weighted by Gasteiger charge is -2.21. The second-order valence-electron chi connectivity index (χ2n) is 3.80. The molecular weight excluding hydrogens is 202 g/mol. The van der Waals surface area contributed by atoms with Crippen LogP contribution < -0.4 is 5.32 Å². The molecule has 1 heterocycles. The van der Waals surface area contributed by atoms with E-state index in [0.29, 0.717) is 13.0 Å². The number of hydrogen-bond donors (Lipinski definition) is 3. The van der Waals surface area contributed by atoms with E-state index in [1.54, 1.807) is 0 Å². The fraction of sp³-hybridized carbons (Fsp3) is 0.778. The van der Waals surface area contributed by atoms with Crippen LogP contribution in [0.4, 0.5) is 0 Å². The summed E-state index contributed by atoms with van der Waals surface area (Å²) in [4.78, 5) is 21.7. The molecule has 0 radical (unpaired) electrons. The van der Waals surface area contributed by atoms with Crippen molar-refractivity contribution < 1.29 is 24.5 Å². The molecule has 0 aromatic heterocycles. The quantitative estimate of drug-likeness (QED) is 0.523.